The number of halogens is 1. The van der Waals surface area contributed by atoms with E-state index in [0.717, 1.165) is 23.1 Å². The molecule has 18 heavy (non-hydrogen) atoms. The van der Waals surface area contributed by atoms with E-state index < -0.39 is 0 Å². The Morgan fingerprint density at radius 3 is 2.06 bits per heavy atom. The lowest BCUT2D eigenvalue weighted by atomic mass is 10.1. The third-order valence-electron chi connectivity index (χ3n) is 3.59. The van der Waals surface area contributed by atoms with Crippen molar-refractivity contribution in [3.8, 4) is 0 Å². The van der Waals surface area contributed by atoms with Gasteiger partial charge < -0.3 is 33.4 Å². The molecule has 1 heterocycles. The molecule has 0 N–H and O–H groups in total. The fourth-order valence-corrected chi connectivity index (χ4v) is 2.17. The van der Waals surface area contributed by atoms with Crippen molar-refractivity contribution in [1.29, 1.82) is 0 Å². The van der Waals surface area contributed by atoms with Gasteiger partial charge in [-0.2, -0.15) is 0 Å². The van der Waals surface area contributed by atoms with Crippen LogP contribution in [-0.2, 0) is 0 Å². The maximum atomic E-state index is 11.2. The number of hydrogen-bond donors (Lipinski definition) is 0. The van der Waals surface area contributed by atoms with Crippen LogP contribution in [0.3, 0.4) is 0 Å². The standard InChI is InChI=1S/C14H21N2O.HI/c1-12(17)13-4-6-14(7-5-13)15-8-10-16(2,3)11-9-15;/h4-7H,8-11H2,1-3H3;1H/q+1;/p-1. The Bertz CT molecular complexity index is 404. The van der Waals surface area contributed by atoms with Crippen LogP contribution in [-0.4, -0.2) is 50.5 Å². The number of piperazine rings is 1. The normalized spacial score (nSPS) is 18.1. The quantitative estimate of drug-likeness (QED) is 0.375. The van der Waals surface area contributed by atoms with E-state index in [9.17, 15) is 4.79 Å². The summed E-state index contributed by atoms with van der Waals surface area (Å²) in [5.74, 6) is 0.132. The van der Waals surface area contributed by atoms with Gasteiger partial charge in [-0.3, -0.25) is 4.79 Å². The molecule has 4 heteroatoms. The molecule has 100 valence electrons. The lowest BCUT2D eigenvalue weighted by molar-refractivity contribution is -0.890. The first-order chi connectivity index (χ1) is 7.98. The highest BCUT2D eigenvalue weighted by molar-refractivity contribution is 5.94. The maximum Gasteiger partial charge on any atom is 0.159 e. The monoisotopic (exact) mass is 360 g/mol. The molecular weight excluding hydrogens is 339 g/mol. The van der Waals surface area contributed by atoms with Crippen molar-refractivity contribution in [1.82, 2.24) is 0 Å². The van der Waals surface area contributed by atoms with E-state index in [0.29, 0.717) is 0 Å². The number of quaternary nitrogens is 1. The number of rotatable bonds is 2. The van der Waals surface area contributed by atoms with Crippen LogP contribution in [0.15, 0.2) is 24.3 Å². The lowest BCUT2D eigenvalue weighted by Crippen LogP contribution is -3.00. The Labute approximate surface area is 126 Å². The average molecular weight is 360 g/mol. The number of hydrogen-bond acceptors (Lipinski definition) is 2. The van der Waals surface area contributed by atoms with Gasteiger partial charge in [0.2, 0.25) is 0 Å². The topological polar surface area (TPSA) is 20.3 Å². The smallest absolute Gasteiger partial charge is 0.159 e. The minimum Gasteiger partial charge on any atom is -1.00 e. The SMILES string of the molecule is CC(=O)c1ccc(N2CC[N+](C)(C)CC2)cc1.[I-]. The summed E-state index contributed by atoms with van der Waals surface area (Å²) in [7, 11) is 4.55. The molecular formula is C14H21IN2O. The van der Waals surface area contributed by atoms with Gasteiger partial charge in [0.15, 0.2) is 5.78 Å². The van der Waals surface area contributed by atoms with E-state index in [2.05, 4.69) is 31.1 Å². The van der Waals surface area contributed by atoms with E-state index in [1.165, 1.54) is 18.8 Å². The molecule has 2 rings (SSSR count). The number of carbonyl (C=O) groups excluding carboxylic acids is 1. The molecule has 1 aliphatic rings. The highest BCUT2D eigenvalue weighted by Crippen LogP contribution is 2.18. The van der Waals surface area contributed by atoms with Gasteiger partial charge in [0, 0.05) is 11.3 Å². The van der Waals surface area contributed by atoms with Crippen LogP contribution >= 0.6 is 0 Å². The molecule has 0 aromatic heterocycles. The molecule has 1 fully saturated rings. The van der Waals surface area contributed by atoms with Crippen molar-refractivity contribution < 1.29 is 33.3 Å². The maximum absolute atomic E-state index is 11.2. The molecule has 1 aliphatic heterocycles. The summed E-state index contributed by atoms with van der Waals surface area (Å²) < 4.78 is 1.10. The number of likely N-dealkylation sites (N-methyl/N-ethyl adjacent to an activating group) is 1. The Hall–Kier alpha value is -0.620. The van der Waals surface area contributed by atoms with Crippen molar-refractivity contribution in [3.63, 3.8) is 0 Å². The van der Waals surface area contributed by atoms with Crippen molar-refractivity contribution in [2.75, 3.05) is 45.2 Å². The summed E-state index contributed by atoms with van der Waals surface area (Å²) in [5, 5.41) is 0. The van der Waals surface area contributed by atoms with Gasteiger partial charge in [-0.05, 0) is 31.2 Å². The minimum atomic E-state index is 0. The molecule has 0 bridgehead atoms. The molecule has 0 spiro atoms. The molecule has 0 unspecified atom stereocenters. The van der Waals surface area contributed by atoms with Gasteiger partial charge in [-0.15, -0.1) is 0 Å². The highest BCUT2D eigenvalue weighted by atomic mass is 127. The van der Waals surface area contributed by atoms with Gasteiger partial charge in [-0.25, -0.2) is 0 Å². The summed E-state index contributed by atoms with van der Waals surface area (Å²) in [5.41, 5.74) is 2.02. The van der Waals surface area contributed by atoms with Gasteiger partial charge in [0.05, 0.1) is 40.3 Å². The number of nitrogens with zero attached hydrogens (tertiary/aromatic N) is 2. The van der Waals surface area contributed by atoms with Gasteiger partial charge in [-0.1, -0.05) is 0 Å². The number of carbonyl (C=O) groups is 1. The summed E-state index contributed by atoms with van der Waals surface area (Å²) in [6.45, 7) is 6.14. The fourth-order valence-electron chi connectivity index (χ4n) is 2.17. The largest absolute Gasteiger partial charge is 1.00 e. The highest BCUT2D eigenvalue weighted by Gasteiger charge is 2.24. The van der Waals surface area contributed by atoms with E-state index in [4.69, 9.17) is 0 Å². The lowest BCUT2D eigenvalue weighted by Gasteiger charge is -2.40. The summed E-state index contributed by atoms with van der Waals surface area (Å²) in [4.78, 5) is 13.6. The van der Waals surface area contributed by atoms with Crippen molar-refractivity contribution in [2.45, 2.75) is 6.92 Å². The fraction of sp³-hybridized carbons (Fsp3) is 0.500. The number of benzene rings is 1. The van der Waals surface area contributed by atoms with Crippen LogP contribution < -0.4 is 28.9 Å². The van der Waals surface area contributed by atoms with Crippen LogP contribution in [0.5, 0.6) is 0 Å². The minimum absolute atomic E-state index is 0. The van der Waals surface area contributed by atoms with Gasteiger partial charge in [0.1, 0.15) is 0 Å². The zero-order valence-corrected chi connectivity index (χ0v) is 13.5. The molecule has 0 amide bonds. The van der Waals surface area contributed by atoms with Crippen LogP contribution in [0.1, 0.15) is 17.3 Å². The molecule has 0 radical (unpaired) electrons. The predicted molar refractivity (Wildman–Crippen MR) is 70.5 cm³/mol. The molecule has 1 aromatic rings. The van der Waals surface area contributed by atoms with Crippen molar-refractivity contribution in [2.24, 2.45) is 0 Å². The first-order valence-corrected chi connectivity index (χ1v) is 6.16. The van der Waals surface area contributed by atoms with E-state index in [1.807, 2.05) is 12.1 Å². The van der Waals surface area contributed by atoms with E-state index in [1.54, 1.807) is 6.92 Å². The third kappa shape index (κ3) is 3.68. The number of anilines is 1. The van der Waals surface area contributed by atoms with E-state index in [-0.39, 0.29) is 29.8 Å². The third-order valence-corrected chi connectivity index (χ3v) is 3.59. The van der Waals surface area contributed by atoms with Crippen LogP contribution in [0.2, 0.25) is 0 Å². The molecule has 0 aliphatic carbocycles. The number of ketones is 1. The number of Topliss-reactive ketones (excluding diaryl/α,β-unsaturated/α-hetero) is 1. The zero-order valence-electron chi connectivity index (χ0n) is 11.3. The Balaban J connectivity index is 0.00000162. The molecule has 1 saturated heterocycles. The molecule has 0 atom stereocenters. The molecule has 3 nitrogen and oxygen atoms in total. The van der Waals surface area contributed by atoms with Gasteiger partial charge in [0.25, 0.3) is 0 Å². The van der Waals surface area contributed by atoms with Crippen LogP contribution in [0.4, 0.5) is 5.69 Å². The first kappa shape index (κ1) is 15.4. The Kier molecular flexibility index (Phi) is 5.16. The summed E-state index contributed by atoms with van der Waals surface area (Å²) in [6, 6.07) is 7.96. The second-order valence-corrected chi connectivity index (χ2v) is 5.47. The Morgan fingerprint density at radius 2 is 1.61 bits per heavy atom. The molecule has 1 aromatic carbocycles. The Morgan fingerprint density at radius 1 is 1.11 bits per heavy atom. The van der Waals surface area contributed by atoms with Crippen LogP contribution in [0.25, 0.3) is 0 Å². The van der Waals surface area contributed by atoms with Crippen molar-refractivity contribution in [3.05, 3.63) is 29.8 Å². The first-order valence-electron chi connectivity index (χ1n) is 6.16. The summed E-state index contributed by atoms with van der Waals surface area (Å²) >= 11 is 0. The van der Waals surface area contributed by atoms with Gasteiger partial charge >= 0.3 is 0 Å². The molecule has 0 saturated carbocycles. The zero-order chi connectivity index (χ0) is 12.5. The van der Waals surface area contributed by atoms with E-state index >= 15 is 0 Å². The predicted octanol–water partition coefficient (Wildman–Crippen LogP) is -1.21. The second kappa shape index (κ2) is 6.02. The second-order valence-electron chi connectivity index (χ2n) is 5.47. The average Bonchev–Trinajstić information content (AvgIpc) is 2.29. The summed E-state index contributed by atoms with van der Waals surface area (Å²) in [6.07, 6.45) is 0. The van der Waals surface area contributed by atoms with Crippen molar-refractivity contribution >= 4 is 11.5 Å². The van der Waals surface area contributed by atoms with Crippen LogP contribution in [0, 0.1) is 0 Å².